The lowest BCUT2D eigenvalue weighted by atomic mass is 10.3. The van der Waals surface area contributed by atoms with E-state index >= 15 is 0 Å². The second kappa shape index (κ2) is 3.39. The Morgan fingerprint density at radius 3 is 2.22 bits per heavy atom. The zero-order chi connectivity index (χ0) is 7.49. The molecule has 5 heteroatoms. The van der Waals surface area contributed by atoms with E-state index < -0.39 is 15.2 Å². The molecule has 1 N–H and O–H groups in total. The zero-order valence-corrected chi connectivity index (χ0v) is 6.61. The van der Waals surface area contributed by atoms with Gasteiger partial charge < -0.3 is 5.11 Å². The van der Waals surface area contributed by atoms with Crippen LogP contribution in [0.1, 0.15) is 13.3 Å². The van der Waals surface area contributed by atoms with Gasteiger partial charge in [0.05, 0.1) is 11.9 Å². The molecule has 0 aliphatic rings. The quantitative estimate of drug-likeness (QED) is 0.625. The summed E-state index contributed by atoms with van der Waals surface area (Å²) >= 11 is 0. The monoisotopic (exact) mass is 172 g/mol. The largest absolute Gasteiger partial charge is 0.393 e. The highest BCUT2D eigenvalue weighted by Gasteiger charge is 2.06. The molecule has 0 aliphatic heterocycles. The van der Waals surface area contributed by atoms with Crippen LogP contribution in [0.3, 0.4) is 0 Å². The van der Waals surface area contributed by atoms with Crippen molar-refractivity contribution in [3.8, 4) is 0 Å². The number of aliphatic hydroxyl groups excluding tert-OH is 1. The molecule has 0 saturated heterocycles. The van der Waals surface area contributed by atoms with Gasteiger partial charge in [-0.15, -0.1) is 0 Å². The first-order valence-electron chi connectivity index (χ1n) is 2.52. The van der Waals surface area contributed by atoms with Crippen molar-refractivity contribution in [2.24, 2.45) is 0 Å². The van der Waals surface area contributed by atoms with Crippen molar-refractivity contribution in [3.05, 3.63) is 0 Å². The molecule has 1 atom stereocenters. The fraction of sp³-hybridized carbons (Fsp3) is 1.00. The number of hydrogen-bond acceptors (Lipinski definition) is 3. The first kappa shape index (κ1) is 9.20. The molecule has 0 saturated carbocycles. The van der Waals surface area contributed by atoms with Crippen molar-refractivity contribution in [3.63, 3.8) is 0 Å². The van der Waals surface area contributed by atoms with Gasteiger partial charge in [0, 0.05) is 10.7 Å². The average Bonchev–Trinajstić information content (AvgIpc) is 1.59. The normalized spacial score (nSPS) is 15.4. The SMILES string of the molecule is CC(O)CCS(=O)(=O)Cl. The van der Waals surface area contributed by atoms with Crippen molar-refractivity contribution < 1.29 is 13.5 Å². The van der Waals surface area contributed by atoms with Crippen molar-refractivity contribution >= 4 is 19.7 Å². The second-order valence-electron chi connectivity index (χ2n) is 1.88. The fourth-order valence-corrected chi connectivity index (χ4v) is 1.20. The Morgan fingerprint density at radius 1 is 1.67 bits per heavy atom. The van der Waals surface area contributed by atoms with Crippen LogP contribution in [0.25, 0.3) is 0 Å². The van der Waals surface area contributed by atoms with Gasteiger partial charge in [0.15, 0.2) is 0 Å². The van der Waals surface area contributed by atoms with Gasteiger partial charge in [0.2, 0.25) is 9.05 Å². The molecule has 0 heterocycles. The summed E-state index contributed by atoms with van der Waals surface area (Å²) in [7, 11) is 1.43. The number of hydrogen-bond donors (Lipinski definition) is 1. The maximum absolute atomic E-state index is 10.2. The number of rotatable bonds is 3. The summed E-state index contributed by atoms with van der Waals surface area (Å²) in [5.41, 5.74) is 0. The highest BCUT2D eigenvalue weighted by molar-refractivity contribution is 8.13. The Morgan fingerprint density at radius 2 is 2.11 bits per heavy atom. The number of aliphatic hydroxyl groups is 1. The minimum absolute atomic E-state index is 0.160. The molecule has 0 aromatic rings. The van der Waals surface area contributed by atoms with Crippen LogP contribution in [0.5, 0.6) is 0 Å². The van der Waals surface area contributed by atoms with E-state index in [0.717, 1.165) is 0 Å². The van der Waals surface area contributed by atoms with Crippen LogP contribution < -0.4 is 0 Å². The summed E-state index contributed by atoms with van der Waals surface area (Å²) in [4.78, 5) is 0. The van der Waals surface area contributed by atoms with Crippen molar-refractivity contribution in [2.75, 3.05) is 5.75 Å². The van der Waals surface area contributed by atoms with Crippen molar-refractivity contribution in [1.29, 1.82) is 0 Å². The Bertz CT molecular complexity index is 161. The van der Waals surface area contributed by atoms with Gasteiger partial charge in [-0.25, -0.2) is 8.42 Å². The zero-order valence-electron chi connectivity index (χ0n) is 5.04. The molecule has 1 unspecified atom stereocenters. The second-order valence-corrected chi connectivity index (χ2v) is 4.78. The molecule has 0 spiro atoms. The van der Waals surface area contributed by atoms with Crippen LogP contribution in [0.15, 0.2) is 0 Å². The van der Waals surface area contributed by atoms with Crippen LogP contribution in [0.2, 0.25) is 0 Å². The van der Waals surface area contributed by atoms with E-state index in [1.165, 1.54) is 6.92 Å². The molecule has 0 radical (unpaired) electrons. The van der Waals surface area contributed by atoms with Gasteiger partial charge in [0.25, 0.3) is 0 Å². The molecule has 0 aromatic heterocycles. The highest BCUT2D eigenvalue weighted by Crippen LogP contribution is 2.00. The molecule has 0 aliphatic carbocycles. The van der Waals surface area contributed by atoms with Crippen molar-refractivity contribution in [2.45, 2.75) is 19.4 Å². The number of halogens is 1. The Labute approximate surface area is 59.1 Å². The van der Waals surface area contributed by atoms with Gasteiger partial charge in [0.1, 0.15) is 0 Å². The van der Waals surface area contributed by atoms with Crippen molar-refractivity contribution in [1.82, 2.24) is 0 Å². The van der Waals surface area contributed by atoms with Crippen LogP contribution in [-0.4, -0.2) is 25.4 Å². The third-order valence-electron chi connectivity index (χ3n) is 0.779. The molecular weight excluding hydrogens is 164 g/mol. The summed E-state index contributed by atoms with van der Waals surface area (Å²) in [6.07, 6.45) is -0.398. The Hall–Kier alpha value is 0.200. The first-order valence-corrected chi connectivity index (χ1v) is 5.00. The first-order chi connectivity index (χ1) is 3.92. The van der Waals surface area contributed by atoms with E-state index in [2.05, 4.69) is 0 Å². The standard InChI is InChI=1S/C4H9ClO3S/c1-4(6)2-3-9(5,7)8/h4,6H,2-3H2,1H3. The maximum atomic E-state index is 10.2. The Balaban J connectivity index is 3.53. The topological polar surface area (TPSA) is 54.4 Å². The molecule has 0 fully saturated rings. The van der Waals surface area contributed by atoms with Crippen LogP contribution in [-0.2, 0) is 9.05 Å². The van der Waals surface area contributed by atoms with Gasteiger partial charge in [-0.3, -0.25) is 0 Å². The van der Waals surface area contributed by atoms with Gasteiger partial charge in [-0.1, -0.05) is 0 Å². The lowest BCUT2D eigenvalue weighted by molar-refractivity contribution is 0.191. The fourth-order valence-electron chi connectivity index (χ4n) is 0.311. The predicted octanol–water partition coefficient (Wildman–Crippen LogP) is 0.326. The highest BCUT2D eigenvalue weighted by atomic mass is 35.7. The summed E-state index contributed by atoms with van der Waals surface area (Å²) < 4.78 is 20.4. The molecule has 0 rings (SSSR count). The van der Waals surface area contributed by atoms with Crippen LogP contribution in [0.4, 0.5) is 0 Å². The molecular formula is C4H9ClO3S. The average molecular weight is 173 g/mol. The van der Waals surface area contributed by atoms with E-state index in [-0.39, 0.29) is 12.2 Å². The molecule has 9 heavy (non-hydrogen) atoms. The molecule has 56 valence electrons. The third-order valence-corrected chi connectivity index (χ3v) is 1.97. The minimum Gasteiger partial charge on any atom is -0.393 e. The minimum atomic E-state index is -3.41. The lowest BCUT2D eigenvalue weighted by Crippen LogP contribution is -2.07. The van der Waals surface area contributed by atoms with Gasteiger partial charge in [-0.2, -0.15) is 0 Å². The van der Waals surface area contributed by atoms with E-state index in [1.54, 1.807) is 0 Å². The van der Waals surface area contributed by atoms with E-state index in [1.807, 2.05) is 0 Å². The van der Waals surface area contributed by atoms with E-state index in [9.17, 15) is 8.42 Å². The smallest absolute Gasteiger partial charge is 0.232 e. The summed E-state index contributed by atoms with van der Waals surface area (Å²) in [5, 5.41) is 8.59. The summed E-state index contributed by atoms with van der Waals surface area (Å²) in [5.74, 6) is -0.160. The molecule has 0 bridgehead atoms. The summed E-state index contributed by atoms with van der Waals surface area (Å²) in [6, 6.07) is 0. The molecule has 0 amide bonds. The summed E-state index contributed by atoms with van der Waals surface area (Å²) in [6.45, 7) is 1.52. The Kier molecular flexibility index (Phi) is 3.46. The third kappa shape index (κ3) is 8.20. The van der Waals surface area contributed by atoms with Crippen LogP contribution >= 0.6 is 10.7 Å². The van der Waals surface area contributed by atoms with E-state index in [0.29, 0.717) is 0 Å². The molecule has 3 nitrogen and oxygen atoms in total. The van der Waals surface area contributed by atoms with Gasteiger partial charge >= 0.3 is 0 Å². The van der Waals surface area contributed by atoms with Gasteiger partial charge in [-0.05, 0) is 13.3 Å². The maximum Gasteiger partial charge on any atom is 0.232 e. The predicted molar refractivity (Wildman–Crippen MR) is 35.9 cm³/mol. The van der Waals surface area contributed by atoms with E-state index in [4.69, 9.17) is 15.8 Å². The lowest BCUT2D eigenvalue weighted by Gasteiger charge is -1.98. The van der Waals surface area contributed by atoms with Crippen LogP contribution in [0, 0.1) is 0 Å². The molecule has 0 aromatic carbocycles.